The molecule has 0 saturated carbocycles. The molecule has 0 bridgehead atoms. The Hall–Kier alpha value is -2.75. The van der Waals surface area contributed by atoms with Crippen LogP contribution in [0.15, 0.2) is 12.3 Å². The van der Waals surface area contributed by atoms with Crippen molar-refractivity contribution in [3.63, 3.8) is 0 Å². The van der Waals surface area contributed by atoms with E-state index in [0.717, 1.165) is 40.2 Å². The molecule has 9 nitrogen and oxygen atoms in total. The van der Waals surface area contributed by atoms with Crippen molar-refractivity contribution >= 4 is 34.3 Å². The molecule has 34 heavy (non-hydrogen) atoms. The van der Waals surface area contributed by atoms with E-state index in [0.29, 0.717) is 13.1 Å². The maximum atomic E-state index is 13.2. The van der Waals surface area contributed by atoms with Gasteiger partial charge in [-0.05, 0) is 53.4 Å². The maximum absolute atomic E-state index is 13.2. The quantitative estimate of drug-likeness (QED) is 0.614. The van der Waals surface area contributed by atoms with Crippen LogP contribution >= 0.6 is 11.3 Å². The van der Waals surface area contributed by atoms with Crippen molar-refractivity contribution in [1.29, 1.82) is 0 Å². The molecular formula is C24H36N6O3S. The molecule has 0 aromatic carbocycles. The number of piperidine rings is 1. The number of hydrogen-bond donors (Lipinski definition) is 2. The van der Waals surface area contributed by atoms with Gasteiger partial charge in [0.15, 0.2) is 5.13 Å². The zero-order valence-electron chi connectivity index (χ0n) is 21.1. The summed E-state index contributed by atoms with van der Waals surface area (Å²) in [6.07, 6.45) is 2.79. The van der Waals surface area contributed by atoms with Crippen molar-refractivity contribution in [2.45, 2.75) is 78.9 Å². The van der Waals surface area contributed by atoms with Crippen LogP contribution in [0.4, 0.5) is 15.7 Å². The van der Waals surface area contributed by atoms with Crippen LogP contribution < -0.4 is 10.6 Å². The molecule has 0 aliphatic carbocycles. The van der Waals surface area contributed by atoms with E-state index < -0.39 is 17.7 Å². The van der Waals surface area contributed by atoms with Crippen LogP contribution in [-0.4, -0.2) is 56.6 Å². The van der Waals surface area contributed by atoms with Crippen LogP contribution in [0.5, 0.6) is 0 Å². The normalized spacial score (nSPS) is 15.8. The van der Waals surface area contributed by atoms with E-state index in [9.17, 15) is 9.59 Å². The topological polar surface area (TPSA) is 109 Å². The molecule has 0 unspecified atom stereocenters. The van der Waals surface area contributed by atoms with Crippen LogP contribution in [0, 0.1) is 19.8 Å². The third kappa shape index (κ3) is 7.12. The smallest absolute Gasteiger partial charge is 0.408 e. The van der Waals surface area contributed by atoms with E-state index in [1.807, 2.05) is 44.9 Å². The summed E-state index contributed by atoms with van der Waals surface area (Å²) in [5.74, 6) is 1.55. The number of carbonyl (C=O) groups is 2. The Morgan fingerprint density at radius 3 is 2.41 bits per heavy atom. The van der Waals surface area contributed by atoms with E-state index in [1.54, 1.807) is 32.1 Å². The Labute approximate surface area is 205 Å². The number of carbonyl (C=O) groups excluding carboxylic acids is 2. The number of ether oxygens (including phenoxy) is 1. The molecule has 2 aromatic rings. The van der Waals surface area contributed by atoms with Gasteiger partial charge in [-0.25, -0.2) is 19.7 Å². The van der Waals surface area contributed by atoms with Gasteiger partial charge in [0.25, 0.3) is 0 Å². The number of anilines is 2. The average Bonchev–Trinajstić information content (AvgIpc) is 3.14. The van der Waals surface area contributed by atoms with E-state index in [-0.39, 0.29) is 17.7 Å². The highest BCUT2D eigenvalue weighted by atomic mass is 32.1. The second-order valence-corrected chi connectivity index (χ2v) is 11.4. The predicted octanol–water partition coefficient (Wildman–Crippen LogP) is 4.55. The van der Waals surface area contributed by atoms with Crippen molar-refractivity contribution in [3.8, 4) is 0 Å². The van der Waals surface area contributed by atoms with E-state index in [4.69, 9.17) is 9.72 Å². The minimum Gasteiger partial charge on any atom is -0.444 e. The molecule has 186 valence electrons. The summed E-state index contributed by atoms with van der Waals surface area (Å²) in [4.78, 5) is 42.2. The van der Waals surface area contributed by atoms with Gasteiger partial charge in [0.1, 0.15) is 23.3 Å². The zero-order valence-corrected chi connectivity index (χ0v) is 22.0. The number of alkyl carbamates (subject to hydrolysis) is 1. The van der Waals surface area contributed by atoms with Gasteiger partial charge >= 0.3 is 6.09 Å². The largest absolute Gasteiger partial charge is 0.444 e. The molecule has 0 radical (unpaired) electrons. The summed E-state index contributed by atoms with van der Waals surface area (Å²) in [6, 6.07) is 1.29. The van der Waals surface area contributed by atoms with Crippen molar-refractivity contribution in [2.24, 2.45) is 5.92 Å². The highest BCUT2D eigenvalue weighted by molar-refractivity contribution is 7.15. The predicted molar refractivity (Wildman–Crippen MR) is 133 cm³/mol. The summed E-state index contributed by atoms with van der Waals surface area (Å²) < 4.78 is 5.35. The first-order valence-electron chi connectivity index (χ1n) is 11.7. The van der Waals surface area contributed by atoms with Gasteiger partial charge < -0.3 is 20.3 Å². The lowest BCUT2D eigenvalue weighted by Gasteiger charge is -2.35. The summed E-state index contributed by atoms with van der Waals surface area (Å²) in [7, 11) is 0. The van der Waals surface area contributed by atoms with Gasteiger partial charge in [0.05, 0.1) is 0 Å². The van der Waals surface area contributed by atoms with Crippen LogP contribution in [0.25, 0.3) is 0 Å². The summed E-state index contributed by atoms with van der Waals surface area (Å²) in [5.41, 5.74) is 0.271. The molecule has 0 spiro atoms. The Morgan fingerprint density at radius 2 is 1.85 bits per heavy atom. The summed E-state index contributed by atoms with van der Waals surface area (Å²) >= 11 is 1.58. The van der Waals surface area contributed by atoms with E-state index >= 15 is 0 Å². The lowest BCUT2D eigenvalue weighted by Crippen LogP contribution is -2.53. The van der Waals surface area contributed by atoms with Gasteiger partial charge in [-0.15, -0.1) is 11.3 Å². The van der Waals surface area contributed by atoms with Gasteiger partial charge in [-0.1, -0.05) is 13.8 Å². The fourth-order valence-corrected chi connectivity index (χ4v) is 4.53. The molecule has 1 saturated heterocycles. The molecule has 2 amide bonds. The molecule has 2 aromatic heterocycles. The molecule has 10 heteroatoms. The third-order valence-corrected chi connectivity index (χ3v) is 6.33. The van der Waals surface area contributed by atoms with Crippen molar-refractivity contribution in [2.75, 3.05) is 18.4 Å². The first kappa shape index (κ1) is 25.9. The molecule has 1 aliphatic rings. The van der Waals surface area contributed by atoms with Crippen LogP contribution in [0.1, 0.15) is 69.8 Å². The highest BCUT2D eigenvalue weighted by Gasteiger charge is 2.33. The Kier molecular flexibility index (Phi) is 8.12. The number of aryl methyl sites for hydroxylation is 2. The van der Waals surface area contributed by atoms with Crippen molar-refractivity contribution < 1.29 is 14.3 Å². The first-order valence-corrected chi connectivity index (χ1v) is 12.6. The van der Waals surface area contributed by atoms with Gasteiger partial charge in [0.2, 0.25) is 5.91 Å². The Morgan fingerprint density at radius 1 is 1.18 bits per heavy atom. The molecule has 1 atom stereocenters. The second-order valence-electron chi connectivity index (χ2n) is 10.1. The van der Waals surface area contributed by atoms with Gasteiger partial charge in [-0.2, -0.15) is 0 Å². The van der Waals surface area contributed by atoms with Gasteiger partial charge in [-0.3, -0.25) is 4.79 Å². The number of thiazole rings is 1. The van der Waals surface area contributed by atoms with Crippen LogP contribution in [-0.2, 0) is 9.53 Å². The molecular weight excluding hydrogens is 452 g/mol. The van der Waals surface area contributed by atoms with E-state index in [1.165, 1.54) is 0 Å². The fraction of sp³-hybridized carbons (Fsp3) is 0.625. The highest BCUT2D eigenvalue weighted by Crippen LogP contribution is 2.28. The molecule has 3 rings (SSSR count). The van der Waals surface area contributed by atoms with Crippen molar-refractivity contribution in [3.05, 3.63) is 28.7 Å². The van der Waals surface area contributed by atoms with Gasteiger partial charge in [0, 0.05) is 41.8 Å². The monoisotopic (exact) mass is 488 g/mol. The summed E-state index contributed by atoms with van der Waals surface area (Å²) in [6.45, 7) is 14.4. The summed E-state index contributed by atoms with van der Waals surface area (Å²) in [5, 5.41) is 6.84. The van der Waals surface area contributed by atoms with Crippen LogP contribution in [0.2, 0.25) is 0 Å². The molecule has 1 fully saturated rings. The number of amides is 2. The lowest BCUT2D eigenvalue weighted by atomic mass is 9.94. The molecule has 1 aliphatic heterocycles. The number of likely N-dealkylation sites (tertiary alicyclic amines) is 1. The minimum absolute atomic E-state index is 0.0546. The fourth-order valence-electron chi connectivity index (χ4n) is 3.86. The third-order valence-electron chi connectivity index (χ3n) is 5.50. The maximum Gasteiger partial charge on any atom is 0.408 e. The number of nitrogens with one attached hydrogen (secondary N) is 2. The Bertz CT molecular complexity index is 1010. The SMILES string of the molecule is Cc1cc(Nc2ncc(C)s2)nc(C2CCN(C(=O)[C@@H](NC(=O)OC(C)(C)C)C(C)C)CC2)n1. The zero-order chi connectivity index (χ0) is 25.0. The number of rotatable bonds is 6. The van der Waals surface area contributed by atoms with Crippen molar-refractivity contribution in [1.82, 2.24) is 25.2 Å². The average molecular weight is 489 g/mol. The number of hydrogen-bond acceptors (Lipinski definition) is 8. The Balaban J connectivity index is 1.62. The standard InChI is InChI=1S/C24H36N6O3S/c1-14(2)19(29-23(32)33-24(5,6)7)21(31)30-10-8-17(9-11-30)20-26-15(3)12-18(27-20)28-22-25-13-16(4)34-22/h12-14,17,19H,8-11H2,1-7H3,(H,29,32)(H,25,26,27,28)/t19-/m0/s1. The van der Waals surface area contributed by atoms with Crippen LogP contribution in [0.3, 0.4) is 0 Å². The molecule has 2 N–H and O–H groups in total. The van der Waals surface area contributed by atoms with E-state index in [2.05, 4.69) is 20.6 Å². The number of nitrogens with zero attached hydrogens (tertiary/aromatic N) is 4. The number of aromatic nitrogens is 3. The lowest BCUT2D eigenvalue weighted by molar-refractivity contribution is -0.135. The minimum atomic E-state index is -0.626. The molecule has 3 heterocycles. The second kappa shape index (κ2) is 10.7. The first-order chi connectivity index (χ1) is 15.9.